The van der Waals surface area contributed by atoms with E-state index in [1.165, 1.54) is 7.11 Å². The second-order valence-corrected chi connectivity index (χ2v) is 5.25. The van der Waals surface area contributed by atoms with Gasteiger partial charge in [0, 0.05) is 12.6 Å². The lowest BCUT2D eigenvalue weighted by Gasteiger charge is -2.10. The molecule has 0 saturated carbocycles. The third-order valence-corrected chi connectivity index (χ3v) is 3.28. The van der Waals surface area contributed by atoms with Gasteiger partial charge in [-0.3, -0.25) is 0 Å². The molecule has 0 radical (unpaired) electrons. The van der Waals surface area contributed by atoms with Crippen LogP contribution < -0.4 is 10.5 Å². The van der Waals surface area contributed by atoms with Crippen molar-refractivity contribution in [1.82, 2.24) is 0 Å². The average Bonchev–Trinajstić information content (AvgIpc) is 2.53. The molecular formula is C17H27NO4. The Balaban J connectivity index is 2.02. The van der Waals surface area contributed by atoms with Gasteiger partial charge < -0.3 is 19.9 Å². The minimum atomic E-state index is -0.331. The zero-order chi connectivity index (χ0) is 16.2. The predicted octanol–water partition coefficient (Wildman–Crippen LogP) is 2.84. The lowest BCUT2D eigenvalue weighted by molar-refractivity contribution is -0.145. The van der Waals surface area contributed by atoms with Crippen LogP contribution >= 0.6 is 0 Å². The fourth-order valence-corrected chi connectivity index (χ4v) is 1.95. The number of benzene rings is 1. The first kappa shape index (κ1) is 18.5. The Morgan fingerprint density at radius 2 is 1.91 bits per heavy atom. The molecule has 5 nitrogen and oxygen atoms in total. The van der Waals surface area contributed by atoms with Gasteiger partial charge in [-0.15, -0.1) is 0 Å². The summed E-state index contributed by atoms with van der Waals surface area (Å²) in [6, 6.07) is 7.93. The lowest BCUT2D eigenvalue weighted by atomic mass is 10.1. The smallest absolute Gasteiger partial charge is 0.331 e. The van der Waals surface area contributed by atoms with Crippen LogP contribution in [-0.2, 0) is 14.3 Å². The van der Waals surface area contributed by atoms with E-state index in [-0.39, 0.29) is 18.6 Å². The molecule has 2 N–H and O–H groups in total. The molecule has 0 amide bonds. The third kappa shape index (κ3) is 8.00. The molecule has 1 atom stereocenters. The van der Waals surface area contributed by atoms with E-state index < -0.39 is 0 Å². The Hall–Kier alpha value is -1.59. The van der Waals surface area contributed by atoms with E-state index in [1.807, 2.05) is 31.2 Å². The summed E-state index contributed by atoms with van der Waals surface area (Å²) in [4.78, 5) is 10.8. The summed E-state index contributed by atoms with van der Waals surface area (Å²) in [6.07, 6.45) is 4.08. The molecule has 0 aliphatic heterocycles. The van der Waals surface area contributed by atoms with Crippen molar-refractivity contribution in [1.29, 1.82) is 0 Å². The van der Waals surface area contributed by atoms with Gasteiger partial charge in [0.2, 0.25) is 0 Å². The minimum Gasteiger partial charge on any atom is -0.494 e. The second-order valence-electron chi connectivity index (χ2n) is 5.25. The minimum absolute atomic E-state index is 0.0218. The average molecular weight is 309 g/mol. The maximum absolute atomic E-state index is 10.8. The Morgan fingerprint density at radius 1 is 1.18 bits per heavy atom. The molecule has 0 fully saturated rings. The Labute approximate surface area is 132 Å². The molecule has 0 spiro atoms. The van der Waals surface area contributed by atoms with Crippen LogP contribution in [0, 0.1) is 0 Å². The van der Waals surface area contributed by atoms with Gasteiger partial charge in [-0.1, -0.05) is 18.6 Å². The molecule has 0 aliphatic rings. The van der Waals surface area contributed by atoms with Gasteiger partial charge in [0.15, 0.2) is 0 Å². The maximum atomic E-state index is 10.8. The van der Waals surface area contributed by atoms with E-state index in [0.29, 0.717) is 13.2 Å². The van der Waals surface area contributed by atoms with Gasteiger partial charge in [-0.05, 0) is 43.9 Å². The Morgan fingerprint density at radius 3 is 2.59 bits per heavy atom. The highest BCUT2D eigenvalue weighted by Crippen LogP contribution is 2.17. The quantitative estimate of drug-likeness (QED) is 0.503. The van der Waals surface area contributed by atoms with Crippen molar-refractivity contribution < 1.29 is 19.0 Å². The summed E-state index contributed by atoms with van der Waals surface area (Å²) in [5, 5.41) is 0. The van der Waals surface area contributed by atoms with Crippen LogP contribution in [-0.4, -0.2) is 32.9 Å². The fourth-order valence-electron chi connectivity index (χ4n) is 1.95. The van der Waals surface area contributed by atoms with Crippen LogP contribution in [0.15, 0.2) is 24.3 Å². The van der Waals surface area contributed by atoms with Crippen LogP contribution in [0.2, 0.25) is 0 Å². The zero-order valence-electron chi connectivity index (χ0n) is 13.5. The first-order chi connectivity index (χ1) is 10.6. The van der Waals surface area contributed by atoms with Gasteiger partial charge in [0.05, 0.1) is 13.7 Å². The van der Waals surface area contributed by atoms with Crippen LogP contribution in [0.5, 0.6) is 5.75 Å². The summed E-state index contributed by atoms with van der Waals surface area (Å²) in [6.45, 7) is 3.29. The third-order valence-electron chi connectivity index (χ3n) is 3.28. The maximum Gasteiger partial charge on any atom is 0.331 e. The largest absolute Gasteiger partial charge is 0.494 e. The highest BCUT2D eigenvalue weighted by Gasteiger charge is 2.01. The highest BCUT2D eigenvalue weighted by molar-refractivity contribution is 5.70. The normalized spacial score (nSPS) is 12.0. The molecule has 0 unspecified atom stereocenters. The standard InChI is InChI=1S/C17H27NO4/c1-14(18)15-8-7-9-16(12-15)22-11-6-4-3-5-10-21-13-17(19)20-2/h7-9,12,14H,3-6,10-11,13,18H2,1-2H3/t14-/m1/s1. The second kappa shape index (κ2) is 11.0. The molecule has 1 aromatic rings. The highest BCUT2D eigenvalue weighted by atomic mass is 16.6. The lowest BCUT2D eigenvalue weighted by Crippen LogP contribution is -2.10. The van der Waals surface area contributed by atoms with E-state index in [9.17, 15) is 4.79 Å². The molecule has 124 valence electrons. The Bertz CT molecular complexity index is 434. The summed E-state index contributed by atoms with van der Waals surface area (Å²) in [5.41, 5.74) is 6.93. The number of carbonyl (C=O) groups excluding carboxylic acids is 1. The van der Waals surface area contributed by atoms with Crippen LogP contribution in [0.1, 0.15) is 44.2 Å². The number of ether oxygens (including phenoxy) is 3. The Kier molecular flexibility index (Phi) is 9.26. The van der Waals surface area contributed by atoms with Crippen LogP contribution in [0.4, 0.5) is 0 Å². The molecule has 5 heteroatoms. The topological polar surface area (TPSA) is 70.8 Å². The van der Waals surface area contributed by atoms with Crippen molar-refractivity contribution >= 4 is 5.97 Å². The number of hydrogen-bond donors (Lipinski definition) is 1. The van der Waals surface area contributed by atoms with Gasteiger partial charge in [0.25, 0.3) is 0 Å². The number of methoxy groups -OCH3 is 1. The summed E-state index contributed by atoms with van der Waals surface area (Å²) in [5.74, 6) is 0.540. The molecule has 0 aromatic heterocycles. The number of nitrogens with two attached hydrogens (primary N) is 1. The number of hydrogen-bond acceptors (Lipinski definition) is 5. The number of carbonyl (C=O) groups is 1. The van der Waals surface area contributed by atoms with Gasteiger partial charge >= 0.3 is 5.97 Å². The van der Waals surface area contributed by atoms with Gasteiger partial charge in [-0.25, -0.2) is 4.79 Å². The first-order valence-electron chi connectivity index (χ1n) is 7.76. The molecular weight excluding hydrogens is 282 g/mol. The summed E-state index contributed by atoms with van der Waals surface area (Å²) >= 11 is 0. The van der Waals surface area contributed by atoms with Crippen molar-refractivity contribution in [3.8, 4) is 5.75 Å². The number of unbranched alkanes of at least 4 members (excludes halogenated alkanes) is 3. The van der Waals surface area contributed by atoms with Crippen LogP contribution in [0.25, 0.3) is 0 Å². The van der Waals surface area contributed by atoms with Crippen molar-refractivity contribution in [3.63, 3.8) is 0 Å². The van der Waals surface area contributed by atoms with Crippen molar-refractivity contribution in [2.24, 2.45) is 5.73 Å². The van der Waals surface area contributed by atoms with Crippen LogP contribution in [0.3, 0.4) is 0 Å². The molecule has 0 aliphatic carbocycles. The monoisotopic (exact) mass is 309 g/mol. The first-order valence-corrected chi connectivity index (χ1v) is 7.76. The van der Waals surface area contributed by atoms with Gasteiger partial charge in [-0.2, -0.15) is 0 Å². The molecule has 1 rings (SSSR count). The summed E-state index contributed by atoms with van der Waals surface area (Å²) in [7, 11) is 1.36. The van der Waals surface area contributed by atoms with Gasteiger partial charge in [0.1, 0.15) is 12.4 Å². The van der Waals surface area contributed by atoms with Crippen molar-refractivity contribution in [3.05, 3.63) is 29.8 Å². The van der Waals surface area contributed by atoms with E-state index in [2.05, 4.69) is 4.74 Å². The van der Waals surface area contributed by atoms with E-state index >= 15 is 0 Å². The number of rotatable bonds is 11. The SMILES string of the molecule is COC(=O)COCCCCCCOc1cccc([C@@H](C)N)c1. The molecule has 22 heavy (non-hydrogen) atoms. The predicted molar refractivity (Wildman–Crippen MR) is 85.8 cm³/mol. The fraction of sp³-hybridized carbons (Fsp3) is 0.588. The molecule has 0 heterocycles. The van der Waals surface area contributed by atoms with E-state index in [4.69, 9.17) is 15.2 Å². The molecule has 0 saturated heterocycles. The van der Waals surface area contributed by atoms with E-state index in [0.717, 1.165) is 37.0 Å². The number of esters is 1. The van der Waals surface area contributed by atoms with Crippen molar-refractivity contribution in [2.75, 3.05) is 26.9 Å². The van der Waals surface area contributed by atoms with Crippen molar-refractivity contribution in [2.45, 2.75) is 38.6 Å². The molecule has 0 bridgehead atoms. The summed E-state index contributed by atoms with van der Waals surface area (Å²) < 4.78 is 15.4. The van der Waals surface area contributed by atoms with E-state index in [1.54, 1.807) is 0 Å². The molecule has 1 aromatic carbocycles. The zero-order valence-corrected chi connectivity index (χ0v) is 13.5.